The minimum absolute atomic E-state index is 0.570. The fourth-order valence-corrected chi connectivity index (χ4v) is 4.31. The highest BCUT2D eigenvalue weighted by atomic mass is 19.1. The maximum atomic E-state index is 14.3. The Morgan fingerprint density at radius 2 is 1.66 bits per heavy atom. The number of aryl methyl sites for hydroxylation is 2. The van der Waals surface area contributed by atoms with Gasteiger partial charge in [-0.1, -0.05) is 48.4 Å². The zero-order valence-electron chi connectivity index (χ0n) is 17.5. The quantitative estimate of drug-likeness (QED) is 0.459. The van der Waals surface area contributed by atoms with Gasteiger partial charge in [0.25, 0.3) is 0 Å². The Hall–Kier alpha value is -2.95. The lowest BCUT2D eigenvalue weighted by molar-refractivity contribution is 0.837. The minimum atomic E-state index is 0.570. The number of fused-ring (bicyclic) bond motifs is 1. The van der Waals surface area contributed by atoms with Crippen molar-refractivity contribution in [3.8, 4) is 11.3 Å². The number of aliphatic imine (C=N–C) groups is 2. The zero-order chi connectivity index (χ0) is 20.7. The van der Waals surface area contributed by atoms with E-state index in [9.17, 15) is 4.32 Å². The summed E-state index contributed by atoms with van der Waals surface area (Å²) >= 11 is 0. The van der Waals surface area contributed by atoms with Gasteiger partial charge in [-0.2, -0.15) is 0 Å². The van der Waals surface area contributed by atoms with Crippen molar-refractivity contribution < 1.29 is 4.32 Å². The zero-order valence-corrected chi connectivity index (χ0v) is 17.5. The van der Waals surface area contributed by atoms with Gasteiger partial charge in [0.15, 0.2) is 5.84 Å². The van der Waals surface area contributed by atoms with E-state index in [-0.39, 0.29) is 0 Å². The van der Waals surface area contributed by atoms with Crippen LogP contribution in [0.5, 0.6) is 0 Å². The van der Waals surface area contributed by atoms with E-state index in [0.717, 1.165) is 50.9 Å². The van der Waals surface area contributed by atoms with Gasteiger partial charge >= 0.3 is 7.69 Å². The van der Waals surface area contributed by atoms with Gasteiger partial charge in [-0.15, -0.1) is 0 Å². The molecule has 5 heteroatoms. The van der Waals surface area contributed by atoms with Gasteiger partial charge in [0.2, 0.25) is 0 Å². The Bertz CT molecular complexity index is 1190. The van der Waals surface area contributed by atoms with Crippen molar-refractivity contribution in [1.82, 2.24) is 4.48 Å². The smallest absolute Gasteiger partial charge is 0.342 e. The summed E-state index contributed by atoms with van der Waals surface area (Å²) in [5, 5.41) is 1.88. The number of aromatic nitrogens is 1. The number of benzene rings is 2. The third kappa shape index (κ3) is 3.25. The van der Waals surface area contributed by atoms with Crippen LogP contribution in [0.25, 0.3) is 22.0 Å². The SMILES string of the molecule is CCC1=C(C)/C(=N/c2c3ccccc3c(-c3cc(C)cc(C)c3)n2[B]F)N=C1C. The van der Waals surface area contributed by atoms with Gasteiger partial charge in [0.05, 0.1) is 0 Å². The molecule has 0 spiro atoms. The van der Waals surface area contributed by atoms with Crippen molar-refractivity contribution in [2.75, 3.05) is 0 Å². The predicted molar refractivity (Wildman–Crippen MR) is 122 cm³/mol. The molecule has 3 nitrogen and oxygen atoms in total. The molecule has 0 atom stereocenters. The Morgan fingerprint density at radius 1 is 1.00 bits per heavy atom. The van der Waals surface area contributed by atoms with Gasteiger partial charge in [-0.25, -0.2) is 9.98 Å². The summed E-state index contributed by atoms with van der Waals surface area (Å²) in [4.78, 5) is 9.49. The lowest BCUT2D eigenvalue weighted by Gasteiger charge is -2.09. The van der Waals surface area contributed by atoms with Crippen molar-refractivity contribution in [1.29, 1.82) is 0 Å². The van der Waals surface area contributed by atoms with E-state index >= 15 is 0 Å². The standard InChI is InChI=1S/C24H24BFN3/c1-6-19-16(4)23(27-17(19)5)28-24-21-10-8-7-9-20(21)22(29(24)25-26)18-12-14(2)11-15(3)13-18/h7-13H,6H2,1-5H3/b28-23-. The Morgan fingerprint density at radius 3 is 2.24 bits per heavy atom. The number of rotatable bonds is 4. The van der Waals surface area contributed by atoms with E-state index in [1.165, 1.54) is 5.57 Å². The molecule has 0 amide bonds. The fraction of sp³-hybridized carbons (Fsp3) is 0.250. The van der Waals surface area contributed by atoms with Crippen LogP contribution in [0, 0.1) is 13.8 Å². The fourth-order valence-electron chi connectivity index (χ4n) is 4.31. The molecule has 0 bridgehead atoms. The summed E-state index contributed by atoms with van der Waals surface area (Å²) < 4.78 is 15.8. The third-order valence-electron chi connectivity index (χ3n) is 5.55. The lowest BCUT2D eigenvalue weighted by Crippen LogP contribution is -2.04. The number of amidine groups is 1. The molecule has 1 radical (unpaired) electrons. The molecule has 0 saturated carbocycles. The molecule has 0 fully saturated rings. The molecule has 29 heavy (non-hydrogen) atoms. The molecule has 1 aliphatic heterocycles. The van der Waals surface area contributed by atoms with Crippen molar-refractivity contribution in [2.45, 2.75) is 41.0 Å². The van der Waals surface area contributed by atoms with Crippen LogP contribution in [-0.2, 0) is 0 Å². The topological polar surface area (TPSA) is 29.6 Å². The Kier molecular flexibility index (Phi) is 4.99. The van der Waals surface area contributed by atoms with Crippen LogP contribution in [0.2, 0.25) is 0 Å². The number of hydrogen-bond donors (Lipinski definition) is 0. The molecule has 0 unspecified atom stereocenters. The molecular formula is C24H24BFN3. The average Bonchev–Trinajstić information content (AvgIpc) is 3.14. The van der Waals surface area contributed by atoms with Crippen LogP contribution in [0.4, 0.5) is 10.1 Å². The highest BCUT2D eigenvalue weighted by Crippen LogP contribution is 2.39. The molecule has 2 heterocycles. The van der Waals surface area contributed by atoms with Crippen LogP contribution in [0.1, 0.15) is 38.3 Å². The molecule has 0 N–H and O–H groups in total. The molecule has 0 saturated heterocycles. The normalized spacial score (nSPS) is 15.5. The van der Waals surface area contributed by atoms with Gasteiger partial charge in [0, 0.05) is 22.2 Å². The van der Waals surface area contributed by atoms with E-state index in [4.69, 9.17) is 4.99 Å². The monoisotopic (exact) mass is 384 g/mol. The van der Waals surface area contributed by atoms with Crippen molar-refractivity contribution >= 4 is 35.8 Å². The largest absolute Gasteiger partial charge is 0.496 e. The number of allylic oxidation sites excluding steroid dienone is 1. The average molecular weight is 384 g/mol. The highest BCUT2D eigenvalue weighted by Gasteiger charge is 2.22. The summed E-state index contributed by atoms with van der Waals surface area (Å²) in [6, 6.07) is 14.3. The molecule has 0 aliphatic carbocycles. The molecule has 145 valence electrons. The van der Waals surface area contributed by atoms with Gasteiger partial charge in [0.1, 0.15) is 5.82 Å². The van der Waals surface area contributed by atoms with E-state index in [2.05, 4.69) is 44.0 Å². The second-order valence-corrected chi connectivity index (χ2v) is 7.65. The highest BCUT2D eigenvalue weighted by molar-refractivity contribution is 6.30. The van der Waals surface area contributed by atoms with Crippen LogP contribution in [0.3, 0.4) is 0 Å². The molecule has 4 rings (SSSR count). The van der Waals surface area contributed by atoms with Crippen LogP contribution >= 0.6 is 0 Å². The summed E-state index contributed by atoms with van der Waals surface area (Å²) in [6.07, 6.45) is 0.908. The number of hydrogen-bond acceptors (Lipinski definition) is 1. The van der Waals surface area contributed by atoms with Gasteiger partial charge < -0.3 is 8.79 Å². The second-order valence-electron chi connectivity index (χ2n) is 7.65. The summed E-state index contributed by atoms with van der Waals surface area (Å²) in [7, 11) is 0.609. The van der Waals surface area contributed by atoms with Crippen molar-refractivity contribution in [2.24, 2.45) is 9.98 Å². The summed E-state index contributed by atoms with van der Waals surface area (Å²) in [6.45, 7) is 10.3. The number of halogens is 1. The van der Waals surface area contributed by atoms with Crippen LogP contribution < -0.4 is 0 Å². The van der Waals surface area contributed by atoms with E-state index in [1.807, 2.05) is 38.1 Å². The summed E-state index contributed by atoms with van der Waals surface area (Å²) in [5.74, 6) is 1.23. The van der Waals surface area contributed by atoms with E-state index in [1.54, 1.807) is 4.48 Å². The lowest BCUT2D eigenvalue weighted by atomic mass is 10.0. The Labute approximate surface area is 172 Å². The molecular weight excluding hydrogens is 360 g/mol. The minimum Gasteiger partial charge on any atom is -0.342 e. The number of nitrogens with zero attached hydrogens (tertiary/aromatic N) is 3. The first kappa shape index (κ1) is 19.4. The van der Waals surface area contributed by atoms with Crippen LogP contribution in [0.15, 0.2) is 63.6 Å². The first-order valence-corrected chi connectivity index (χ1v) is 9.94. The first-order valence-electron chi connectivity index (χ1n) is 9.94. The predicted octanol–water partition coefficient (Wildman–Crippen LogP) is 6.51. The molecule has 2 aromatic carbocycles. The molecule has 3 aromatic rings. The van der Waals surface area contributed by atoms with Gasteiger partial charge in [-0.05, 0) is 63.0 Å². The van der Waals surface area contributed by atoms with Crippen LogP contribution in [-0.4, -0.2) is 23.7 Å². The van der Waals surface area contributed by atoms with Crippen molar-refractivity contribution in [3.05, 3.63) is 64.7 Å². The maximum Gasteiger partial charge on any atom is 0.496 e. The summed E-state index contributed by atoms with van der Waals surface area (Å²) in [5.41, 5.74) is 7.34. The first-order chi connectivity index (χ1) is 13.9. The van der Waals surface area contributed by atoms with Crippen molar-refractivity contribution in [3.63, 3.8) is 0 Å². The maximum absolute atomic E-state index is 14.3. The molecule has 1 aliphatic rings. The van der Waals surface area contributed by atoms with E-state index in [0.29, 0.717) is 19.3 Å². The molecule has 1 aromatic heterocycles. The van der Waals surface area contributed by atoms with Gasteiger partial charge in [-0.3, -0.25) is 0 Å². The Balaban J connectivity index is 2.02. The second kappa shape index (κ2) is 7.47. The third-order valence-corrected chi connectivity index (χ3v) is 5.55. The van der Waals surface area contributed by atoms with E-state index < -0.39 is 0 Å².